The van der Waals surface area contributed by atoms with E-state index in [-0.39, 0.29) is 15.7 Å². The minimum atomic E-state index is -0.632. The zero-order chi connectivity index (χ0) is 10.1. The Hall–Kier alpha value is -1.00. The lowest BCUT2D eigenvalue weighted by Crippen LogP contribution is -1.89. The molecule has 1 heterocycles. The predicted octanol–water partition coefficient (Wildman–Crippen LogP) is 3.74. The molecule has 0 aliphatic heterocycles. The molecule has 0 aliphatic rings. The van der Waals surface area contributed by atoms with Gasteiger partial charge in [0.1, 0.15) is 11.6 Å². The van der Waals surface area contributed by atoms with Gasteiger partial charge < -0.3 is 0 Å². The standard InChI is InChI=1S/C9H4ClF2NS/c10-9-13-7(4-14-9)8-5(11)2-1-3-6(8)12/h1-4H. The number of thiazole rings is 1. The summed E-state index contributed by atoms with van der Waals surface area (Å²) in [6.45, 7) is 0. The van der Waals surface area contributed by atoms with Gasteiger partial charge in [-0.25, -0.2) is 13.8 Å². The first-order valence-corrected chi connectivity index (χ1v) is 4.99. The highest BCUT2D eigenvalue weighted by atomic mass is 35.5. The Morgan fingerprint density at radius 1 is 1.21 bits per heavy atom. The molecule has 0 amide bonds. The van der Waals surface area contributed by atoms with Crippen molar-refractivity contribution in [3.05, 3.63) is 39.7 Å². The Bertz CT molecular complexity index is 449. The van der Waals surface area contributed by atoms with Crippen molar-refractivity contribution < 1.29 is 8.78 Å². The van der Waals surface area contributed by atoms with E-state index in [1.165, 1.54) is 23.6 Å². The molecule has 0 saturated carbocycles. The van der Waals surface area contributed by atoms with E-state index in [1.807, 2.05) is 0 Å². The zero-order valence-corrected chi connectivity index (χ0v) is 8.37. The van der Waals surface area contributed by atoms with Crippen LogP contribution in [0.2, 0.25) is 4.47 Å². The van der Waals surface area contributed by atoms with Crippen molar-refractivity contribution in [3.8, 4) is 11.3 Å². The van der Waals surface area contributed by atoms with E-state index in [0.29, 0.717) is 0 Å². The van der Waals surface area contributed by atoms with Gasteiger partial charge in [-0.3, -0.25) is 0 Å². The first-order chi connectivity index (χ1) is 6.68. The topological polar surface area (TPSA) is 12.9 Å². The highest BCUT2D eigenvalue weighted by Crippen LogP contribution is 2.28. The fourth-order valence-electron chi connectivity index (χ4n) is 1.11. The lowest BCUT2D eigenvalue weighted by molar-refractivity contribution is 0.589. The average Bonchev–Trinajstić information content (AvgIpc) is 2.51. The third-order valence-corrected chi connectivity index (χ3v) is 2.67. The maximum Gasteiger partial charge on any atom is 0.184 e. The van der Waals surface area contributed by atoms with Crippen LogP contribution in [0.5, 0.6) is 0 Å². The van der Waals surface area contributed by atoms with E-state index >= 15 is 0 Å². The van der Waals surface area contributed by atoms with Crippen molar-refractivity contribution >= 4 is 22.9 Å². The number of benzene rings is 1. The monoisotopic (exact) mass is 231 g/mol. The Kier molecular flexibility index (Phi) is 2.48. The van der Waals surface area contributed by atoms with Gasteiger partial charge in [-0.15, -0.1) is 11.3 Å². The maximum atomic E-state index is 13.2. The molecule has 1 aromatic heterocycles. The number of rotatable bonds is 1. The molecule has 14 heavy (non-hydrogen) atoms. The van der Waals surface area contributed by atoms with Crippen LogP contribution in [-0.2, 0) is 0 Å². The molecule has 72 valence electrons. The van der Waals surface area contributed by atoms with Crippen LogP contribution in [-0.4, -0.2) is 4.98 Å². The highest BCUT2D eigenvalue weighted by Gasteiger charge is 2.13. The van der Waals surface area contributed by atoms with E-state index in [4.69, 9.17) is 11.6 Å². The Balaban J connectivity index is 2.61. The summed E-state index contributed by atoms with van der Waals surface area (Å²) in [5.74, 6) is -1.26. The van der Waals surface area contributed by atoms with Crippen LogP contribution < -0.4 is 0 Å². The average molecular weight is 232 g/mol. The second kappa shape index (κ2) is 3.63. The molecule has 0 unspecified atom stereocenters. The molecule has 2 aromatic rings. The van der Waals surface area contributed by atoms with Gasteiger partial charge in [0, 0.05) is 5.38 Å². The van der Waals surface area contributed by atoms with Gasteiger partial charge >= 0.3 is 0 Å². The fraction of sp³-hybridized carbons (Fsp3) is 0. The zero-order valence-electron chi connectivity index (χ0n) is 6.80. The Morgan fingerprint density at radius 3 is 2.36 bits per heavy atom. The first kappa shape index (κ1) is 9.55. The molecular weight excluding hydrogens is 228 g/mol. The van der Waals surface area contributed by atoms with Crippen molar-refractivity contribution in [3.63, 3.8) is 0 Å². The van der Waals surface area contributed by atoms with Gasteiger partial charge in [0.15, 0.2) is 4.47 Å². The molecule has 5 heteroatoms. The van der Waals surface area contributed by atoms with Gasteiger partial charge in [0.25, 0.3) is 0 Å². The summed E-state index contributed by atoms with van der Waals surface area (Å²) in [7, 11) is 0. The van der Waals surface area contributed by atoms with Crippen molar-refractivity contribution in [1.82, 2.24) is 4.98 Å². The lowest BCUT2D eigenvalue weighted by Gasteiger charge is -1.99. The van der Waals surface area contributed by atoms with Crippen molar-refractivity contribution in [2.24, 2.45) is 0 Å². The number of hydrogen-bond acceptors (Lipinski definition) is 2. The van der Waals surface area contributed by atoms with Crippen LogP contribution in [0, 0.1) is 11.6 Å². The molecular formula is C9H4ClF2NS. The van der Waals surface area contributed by atoms with Crippen LogP contribution in [0.3, 0.4) is 0 Å². The summed E-state index contributed by atoms with van der Waals surface area (Å²) in [6, 6.07) is 3.68. The third-order valence-electron chi connectivity index (χ3n) is 1.70. The molecule has 0 saturated heterocycles. The van der Waals surface area contributed by atoms with Gasteiger partial charge in [0.2, 0.25) is 0 Å². The summed E-state index contributed by atoms with van der Waals surface area (Å²) in [5.41, 5.74) is 0.103. The van der Waals surface area contributed by atoms with Gasteiger partial charge in [0.05, 0.1) is 11.3 Å². The number of aromatic nitrogens is 1. The van der Waals surface area contributed by atoms with Crippen molar-refractivity contribution in [2.75, 3.05) is 0 Å². The molecule has 0 fully saturated rings. The Labute approximate surface area is 88.0 Å². The first-order valence-electron chi connectivity index (χ1n) is 3.74. The van der Waals surface area contributed by atoms with Crippen LogP contribution in [0.15, 0.2) is 23.6 Å². The fourth-order valence-corrected chi connectivity index (χ4v) is 1.86. The van der Waals surface area contributed by atoms with Crippen LogP contribution in [0.1, 0.15) is 0 Å². The Morgan fingerprint density at radius 2 is 1.86 bits per heavy atom. The van der Waals surface area contributed by atoms with Crippen molar-refractivity contribution in [1.29, 1.82) is 0 Å². The summed E-state index contributed by atoms with van der Waals surface area (Å²) >= 11 is 6.72. The smallest absolute Gasteiger partial charge is 0.184 e. The van der Waals surface area contributed by atoms with E-state index < -0.39 is 11.6 Å². The summed E-state index contributed by atoms with van der Waals surface area (Å²) in [6.07, 6.45) is 0. The molecule has 0 aliphatic carbocycles. The molecule has 0 bridgehead atoms. The van der Waals surface area contributed by atoms with Gasteiger partial charge in [-0.1, -0.05) is 17.7 Å². The minimum absolute atomic E-state index is 0.129. The maximum absolute atomic E-state index is 13.2. The summed E-state index contributed by atoms with van der Waals surface area (Å²) in [4.78, 5) is 3.81. The molecule has 1 nitrogen and oxygen atoms in total. The van der Waals surface area contributed by atoms with E-state index in [0.717, 1.165) is 11.3 Å². The van der Waals surface area contributed by atoms with Crippen molar-refractivity contribution in [2.45, 2.75) is 0 Å². The molecule has 0 atom stereocenters. The largest absolute Gasteiger partial charge is 0.225 e. The van der Waals surface area contributed by atoms with Crippen LogP contribution in [0.4, 0.5) is 8.78 Å². The van der Waals surface area contributed by atoms with Gasteiger partial charge in [-0.2, -0.15) is 0 Å². The highest BCUT2D eigenvalue weighted by molar-refractivity contribution is 7.14. The third kappa shape index (κ3) is 1.63. The number of hydrogen-bond donors (Lipinski definition) is 0. The number of halogens is 3. The number of nitrogens with zero attached hydrogens (tertiary/aromatic N) is 1. The van der Waals surface area contributed by atoms with Crippen LogP contribution in [0.25, 0.3) is 11.3 Å². The summed E-state index contributed by atoms with van der Waals surface area (Å²) in [5, 5.41) is 1.52. The predicted molar refractivity (Wildman–Crippen MR) is 52.5 cm³/mol. The van der Waals surface area contributed by atoms with E-state index in [1.54, 1.807) is 0 Å². The lowest BCUT2D eigenvalue weighted by atomic mass is 10.1. The molecule has 2 rings (SSSR count). The normalized spacial score (nSPS) is 10.5. The second-order valence-corrected chi connectivity index (χ2v) is 4.02. The second-order valence-electron chi connectivity index (χ2n) is 2.58. The van der Waals surface area contributed by atoms with E-state index in [2.05, 4.69) is 4.98 Å². The summed E-state index contributed by atoms with van der Waals surface area (Å²) < 4.78 is 26.7. The molecule has 0 N–H and O–H groups in total. The quantitative estimate of drug-likeness (QED) is 0.729. The van der Waals surface area contributed by atoms with Crippen LogP contribution >= 0.6 is 22.9 Å². The minimum Gasteiger partial charge on any atom is -0.225 e. The molecule has 0 radical (unpaired) electrons. The molecule has 1 aromatic carbocycles. The molecule has 0 spiro atoms. The van der Waals surface area contributed by atoms with Gasteiger partial charge in [-0.05, 0) is 12.1 Å². The SMILES string of the molecule is Fc1cccc(F)c1-c1csc(Cl)n1. The van der Waals surface area contributed by atoms with E-state index in [9.17, 15) is 8.78 Å².